The minimum atomic E-state index is 0.395. The first-order valence-electron chi connectivity index (χ1n) is 5.34. The van der Waals surface area contributed by atoms with Crippen LogP contribution in [-0.4, -0.2) is 21.0 Å². The fourth-order valence-electron chi connectivity index (χ4n) is 1.70. The lowest BCUT2D eigenvalue weighted by atomic mass is 10.1. The second-order valence-corrected chi connectivity index (χ2v) is 5.06. The minimum absolute atomic E-state index is 0.395. The molecule has 0 unspecified atom stereocenters. The lowest BCUT2D eigenvalue weighted by Crippen LogP contribution is -2.13. The molecule has 18 heavy (non-hydrogen) atoms. The highest BCUT2D eigenvalue weighted by atomic mass is 32.2. The molecule has 1 heterocycles. The first-order chi connectivity index (χ1) is 8.61. The SMILES string of the molecule is CSc1cccc(Nc2cnn(C)c2)c1C(N)=S. The predicted octanol–water partition coefficient (Wildman–Crippen LogP) is 2.52. The summed E-state index contributed by atoms with van der Waals surface area (Å²) >= 11 is 6.75. The van der Waals surface area contributed by atoms with E-state index in [0.29, 0.717) is 4.99 Å². The van der Waals surface area contributed by atoms with Crippen molar-refractivity contribution in [2.75, 3.05) is 11.6 Å². The molecule has 0 bridgehead atoms. The van der Waals surface area contributed by atoms with Crippen molar-refractivity contribution in [2.45, 2.75) is 4.90 Å². The van der Waals surface area contributed by atoms with Crippen LogP contribution in [0, 0.1) is 0 Å². The van der Waals surface area contributed by atoms with Crippen molar-refractivity contribution in [1.29, 1.82) is 0 Å². The average Bonchev–Trinajstić information content (AvgIpc) is 2.74. The smallest absolute Gasteiger partial charge is 0.107 e. The third kappa shape index (κ3) is 2.65. The number of anilines is 2. The van der Waals surface area contributed by atoms with Gasteiger partial charge in [0.05, 0.1) is 11.9 Å². The van der Waals surface area contributed by atoms with E-state index < -0.39 is 0 Å². The van der Waals surface area contributed by atoms with Crippen LogP contribution in [0.1, 0.15) is 5.56 Å². The van der Waals surface area contributed by atoms with Gasteiger partial charge in [0.2, 0.25) is 0 Å². The first kappa shape index (κ1) is 12.9. The molecule has 0 atom stereocenters. The molecule has 0 aliphatic heterocycles. The van der Waals surface area contributed by atoms with Gasteiger partial charge in [-0.2, -0.15) is 5.10 Å². The van der Waals surface area contributed by atoms with Crippen LogP contribution in [0.2, 0.25) is 0 Å². The first-order valence-corrected chi connectivity index (χ1v) is 6.97. The summed E-state index contributed by atoms with van der Waals surface area (Å²) in [5, 5.41) is 7.40. The van der Waals surface area contributed by atoms with Gasteiger partial charge >= 0.3 is 0 Å². The molecule has 94 valence electrons. The van der Waals surface area contributed by atoms with E-state index in [1.165, 1.54) is 0 Å². The van der Waals surface area contributed by atoms with E-state index in [0.717, 1.165) is 21.8 Å². The van der Waals surface area contributed by atoms with Crippen molar-refractivity contribution in [1.82, 2.24) is 9.78 Å². The number of benzene rings is 1. The zero-order chi connectivity index (χ0) is 13.1. The number of thiocarbonyl (C=S) groups is 1. The molecular weight excluding hydrogens is 264 g/mol. The fourth-order valence-corrected chi connectivity index (χ4v) is 2.62. The maximum Gasteiger partial charge on any atom is 0.107 e. The van der Waals surface area contributed by atoms with Crippen LogP contribution >= 0.6 is 24.0 Å². The van der Waals surface area contributed by atoms with E-state index in [9.17, 15) is 0 Å². The largest absolute Gasteiger partial charge is 0.389 e. The Labute approximate surface area is 116 Å². The van der Waals surface area contributed by atoms with Crippen molar-refractivity contribution in [3.63, 3.8) is 0 Å². The van der Waals surface area contributed by atoms with Gasteiger partial charge in [0.1, 0.15) is 4.99 Å². The van der Waals surface area contributed by atoms with Gasteiger partial charge in [-0.05, 0) is 18.4 Å². The lowest BCUT2D eigenvalue weighted by Gasteiger charge is -2.13. The van der Waals surface area contributed by atoms with Gasteiger partial charge in [-0.1, -0.05) is 18.3 Å². The third-order valence-electron chi connectivity index (χ3n) is 2.48. The second kappa shape index (κ2) is 5.41. The van der Waals surface area contributed by atoms with Crippen LogP contribution < -0.4 is 11.1 Å². The van der Waals surface area contributed by atoms with Crippen LogP contribution in [0.15, 0.2) is 35.5 Å². The quantitative estimate of drug-likeness (QED) is 0.665. The van der Waals surface area contributed by atoms with E-state index in [4.69, 9.17) is 18.0 Å². The van der Waals surface area contributed by atoms with Gasteiger partial charge in [0.25, 0.3) is 0 Å². The Balaban J connectivity index is 2.41. The predicted molar refractivity (Wildman–Crippen MR) is 80.6 cm³/mol. The lowest BCUT2D eigenvalue weighted by molar-refractivity contribution is 0.768. The molecule has 6 heteroatoms. The Hall–Kier alpha value is -1.53. The summed E-state index contributed by atoms with van der Waals surface area (Å²) in [6.45, 7) is 0. The van der Waals surface area contributed by atoms with E-state index in [1.54, 1.807) is 22.6 Å². The van der Waals surface area contributed by atoms with Crippen molar-refractivity contribution < 1.29 is 0 Å². The maximum absolute atomic E-state index is 5.81. The standard InChI is InChI=1S/C12H14N4S2/c1-16-7-8(6-14-16)15-9-4-3-5-10(18-2)11(9)12(13)17/h3-7,15H,1-2H3,(H2,13,17). The molecule has 0 radical (unpaired) electrons. The maximum atomic E-state index is 5.81. The highest BCUT2D eigenvalue weighted by Crippen LogP contribution is 2.29. The highest BCUT2D eigenvalue weighted by molar-refractivity contribution is 7.98. The molecule has 0 aliphatic carbocycles. The Kier molecular flexibility index (Phi) is 3.88. The molecule has 0 amide bonds. The zero-order valence-electron chi connectivity index (χ0n) is 10.2. The Morgan fingerprint density at radius 2 is 2.28 bits per heavy atom. The zero-order valence-corrected chi connectivity index (χ0v) is 11.8. The second-order valence-electron chi connectivity index (χ2n) is 3.77. The van der Waals surface area contributed by atoms with Crippen molar-refractivity contribution in [3.8, 4) is 0 Å². The van der Waals surface area contributed by atoms with Gasteiger partial charge in [0, 0.05) is 29.4 Å². The molecular formula is C12H14N4S2. The topological polar surface area (TPSA) is 55.9 Å². The highest BCUT2D eigenvalue weighted by Gasteiger charge is 2.11. The van der Waals surface area contributed by atoms with Crippen LogP contribution in [0.4, 0.5) is 11.4 Å². The molecule has 4 nitrogen and oxygen atoms in total. The van der Waals surface area contributed by atoms with Gasteiger partial charge in [-0.15, -0.1) is 11.8 Å². The number of nitrogens with zero attached hydrogens (tertiary/aromatic N) is 2. The number of hydrogen-bond donors (Lipinski definition) is 2. The summed E-state index contributed by atoms with van der Waals surface area (Å²) in [5.74, 6) is 0. The number of nitrogens with one attached hydrogen (secondary N) is 1. The van der Waals surface area contributed by atoms with E-state index in [1.807, 2.05) is 37.7 Å². The Morgan fingerprint density at radius 1 is 1.50 bits per heavy atom. The third-order valence-corrected chi connectivity index (χ3v) is 3.46. The number of nitrogens with two attached hydrogens (primary N) is 1. The Bertz CT molecular complexity index is 577. The van der Waals surface area contributed by atoms with Crippen LogP contribution in [0.5, 0.6) is 0 Å². The molecule has 0 saturated carbocycles. The number of aromatic nitrogens is 2. The minimum Gasteiger partial charge on any atom is -0.389 e. The molecule has 2 aromatic rings. The molecule has 2 rings (SSSR count). The molecule has 0 fully saturated rings. The summed E-state index contributed by atoms with van der Waals surface area (Å²) in [4.78, 5) is 1.46. The van der Waals surface area contributed by atoms with Crippen LogP contribution in [-0.2, 0) is 7.05 Å². The van der Waals surface area contributed by atoms with Crippen molar-refractivity contribution in [2.24, 2.45) is 12.8 Å². The summed E-state index contributed by atoms with van der Waals surface area (Å²) in [5.41, 5.74) is 8.50. The van der Waals surface area contributed by atoms with Gasteiger partial charge in [-0.3, -0.25) is 4.68 Å². The van der Waals surface area contributed by atoms with Crippen molar-refractivity contribution >= 4 is 40.3 Å². The monoisotopic (exact) mass is 278 g/mol. The van der Waals surface area contributed by atoms with Crippen molar-refractivity contribution in [3.05, 3.63) is 36.2 Å². The number of hydrogen-bond acceptors (Lipinski definition) is 4. The van der Waals surface area contributed by atoms with Crippen LogP contribution in [0.25, 0.3) is 0 Å². The number of thioether (sulfide) groups is 1. The molecule has 0 spiro atoms. The summed E-state index contributed by atoms with van der Waals surface area (Å²) in [6, 6.07) is 5.95. The van der Waals surface area contributed by atoms with E-state index in [2.05, 4.69) is 10.4 Å². The summed E-state index contributed by atoms with van der Waals surface area (Å²) in [6.07, 6.45) is 5.66. The average molecular weight is 278 g/mol. The van der Waals surface area contributed by atoms with E-state index >= 15 is 0 Å². The Morgan fingerprint density at radius 3 is 2.83 bits per heavy atom. The normalized spacial score (nSPS) is 10.3. The molecule has 0 aliphatic rings. The number of rotatable bonds is 4. The molecule has 0 saturated heterocycles. The number of aryl methyl sites for hydroxylation is 1. The van der Waals surface area contributed by atoms with Gasteiger partial charge in [-0.25, -0.2) is 0 Å². The van der Waals surface area contributed by atoms with Crippen LogP contribution in [0.3, 0.4) is 0 Å². The van der Waals surface area contributed by atoms with Gasteiger partial charge in [0.15, 0.2) is 0 Å². The fraction of sp³-hybridized carbons (Fsp3) is 0.167. The van der Waals surface area contributed by atoms with E-state index in [-0.39, 0.29) is 0 Å². The molecule has 1 aromatic heterocycles. The van der Waals surface area contributed by atoms with Gasteiger partial charge < -0.3 is 11.1 Å². The molecule has 3 N–H and O–H groups in total. The molecule has 1 aromatic carbocycles. The summed E-state index contributed by atoms with van der Waals surface area (Å²) in [7, 11) is 1.87. The summed E-state index contributed by atoms with van der Waals surface area (Å²) < 4.78 is 1.74.